The molecule has 0 bridgehead atoms. The predicted octanol–water partition coefficient (Wildman–Crippen LogP) is 2.19. The number of allylic oxidation sites excluding steroid dienone is 3. The van der Waals surface area contributed by atoms with Gasteiger partial charge in [0.2, 0.25) is 0 Å². The molecular weight excluding hydrogens is 100 g/mol. The third-order valence-corrected chi connectivity index (χ3v) is 0.664. The largest absolute Gasteiger partial charge is 0.512 e. The van der Waals surface area contributed by atoms with Crippen LogP contribution in [0.15, 0.2) is 37.1 Å². The van der Waals surface area contributed by atoms with Crippen molar-refractivity contribution in [3.05, 3.63) is 37.1 Å². The lowest BCUT2D eigenvalue weighted by molar-refractivity contribution is 0.401. The monoisotopic (exact) mass is 110 g/mol. The van der Waals surface area contributed by atoms with Crippen LogP contribution in [0.25, 0.3) is 0 Å². The van der Waals surface area contributed by atoms with E-state index in [9.17, 15) is 0 Å². The van der Waals surface area contributed by atoms with E-state index in [-0.39, 0.29) is 0 Å². The minimum absolute atomic E-state index is 0.301. The highest BCUT2D eigenvalue weighted by Gasteiger charge is 1.81. The quantitative estimate of drug-likeness (QED) is 0.335. The molecule has 1 heteroatoms. The molecule has 0 aliphatic carbocycles. The zero-order chi connectivity index (χ0) is 6.41. The molecule has 0 unspecified atom stereocenters. The SMILES string of the molecule is C=C/C=C(/O)CC=C. The zero-order valence-electron chi connectivity index (χ0n) is 4.80. The Hall–Kier alpha value is -0.980. The normalized spacial score (nSPS) is 10.8. The first-order chi connectivity index (χ1) is 3.81. The minimum Gasteiger partial charge on any atom is -0.512 e. The molecule has 0 spiro atoms. The van der Waals surface area contributed by atoms with Gasteiger partial charge in [-0.3, -0.25) is 0 Å². The molecule has 0 fully saturated rings. The van der Waals surface area contributed by atoms with Gasteiger partial charge in [-0.2, -0.15) is 0 Å². The Labute approximate surface area is 49.7 Å². The highest BCUT2D eigenvalue weighted by Crippen LogP contribution is 1.94. The smallest absolute Gasteiger partial charge is 0.0959 e. The highest BCUT2D eigenvalue weighted by molar-refractivity contribution is 5.05. The van der Waals surface area contributed by atoms with Crippen LogP contribution in [0.5, 0.6) is 0 Å². The summed E-state index contributed by atoms with van der Waals surface area (Å²) in [5.74, 6) is 0.301. The summed E-state index contributed by atoms with van der Waals surface area (Å²) in [7, 11) is 0. The van der Waals surface area contributed by atoms with Gasteiger partial charge in [-0.15, -0.1) is 6.58 Å². The van der Waals surface area contributed by atoms with Crippen LogP contribution in [0.3, 0.4) is 0 Å². The summed E-state index contributed by atoms with van der Waals surface area (Å²) in [5, 5.41) is 8.77. The fourth-order valence-corrected chi connectivity index (χ4v) is 0.352. The van der Waals surface area contributed by atoms with Crippen LogP contribution in [0.1, 0.15) is 6.42 Å². The van der Waals surface area contributed by atoms with E-state index in [1.165, 1.54) is 0 Å². The second-order valence-corrected chi connectivity index (χ2v) is 1.39. The van der Waals surface area contributed by atoms with Gasteiger partial charge in [-0.25, -0.2) is 0 Å². The lowest BCUT2D eigenvalue weighted by Crippen LogP contribution is -1.73. The second kappa shape index (κ2) is 4.19. The molecule has 8 heavy (non-hydrogen) atoms. The van der Waals surface area contributed by atoms with Gasteiger partial charge in [0.05, 0.1) is 5.76 Å². The van der Waals surface area contributed by atoms with Crippen LogP contribution >= 0.6 is 0 Å². The molecule has 0 heterocycles. The Morgan fingerprint density at radius 1 is 1.50 bits per heavy atom. The first kappa shape index (κ1) is 7.02. The molecule has 0 amide bonds. The summed E-state index contributed by atoms with van der Waals surface area (Å²) in [6.45, 7) is 6.86. The van der Waals surface area contributed by atoms with E-state index >= 15 is 0 Å². The topological polar surface area (TPSA) is 20.2 Å². The van der Waals surface area contributed by atoms with E-state index in [0.29, 0.717) is 12.2 Å². The van der Waals surface area contributed by atoms with Crippen LogP contribution in [-0.4, -0.2) is 5.11 Å². The van der Waals surface area contributed by atoms with Crippen molar-refractivity contribution in [3.8, 4) is 0 Å². The molecule has 1 nitrogen and oxygen atoms in total. The first-order valence-corrected chi connectivity index (χ1v) is 2.42. The number of hydrogen-bond donors (Lipinski definition) is 1. The number of aliphatic hydroxyl groups excluding tert-OH is 1. The van der Waals surface area contributed by atoms with Crippen molar-refractivity contribution in [1.29, 1.82) is 0 Å². The average Bonchev–Trinajstić information content (AvgIpc) is 1.68. The van der Waals surface area contributed by atoms with E-state index in [2.05, 4.69) is 13.2 Å². The molecule has 0 aromatic heterocycles. The van der Waals surface area contributed by atoms with Gasteiger partial charge in [-0.1, -0.05) is 18.7 Å². The van der Waals surface area contributed by atoms with Gasteiger partial charge in [0.1, 0.15) is 0 Å². The van der Waals surface area contributed by atoms with Crippen LogP contribution in [0, 0.1) is 0 Å². The molecule has 0 saturated carbocycles. The van der Waals surface area contributed by atoms with Gasteiger partial charge in [0.15, 0.2) is 0 Å². The third kappa shape index (κ3) is 3.22. The van der Waals surface area contributed by atoms with Gasteiger partial charge in [-0.05, 0) is 6.08 Å². The molecule has 0 aliphatic rings. The maximum atomic E-state index is 8.77. The molecule has 0 aromatic rings. The Balaban J connectivity index is 3.60. The van der Waals surface area contributed by atoms with Gasteiger partial charge in [0, 0.05) is 6.42 Å². The molecule has 0 aromatic carbocycles. The Kier molecular flexibility index (Phi) is 3.67. The summed E-state index contributed by atoms with van der Waals surface area (Å²) >= 11 is 0. The van der Waals surface area contributed by atoms with Gasteiger partial charge < -0.3 is 5.11 Å². The van der Waals surface area contributed by atoms with Crippen molar-refractivity contribution in [2.75, 3.05) is 0 Å². The summed E-state index contributed by atoms with van der Waals surface area (Å²) in [4.78, 5) is 0. The maximum absolute atomic E-state index is 8.77. The molecule has 0 atom stereocenters. The number of hydrogen-bond acceptors (Lipinski definition) is 1. The van der Waals surface area contributed by atoms with Crippen molar-refractivity contribution < 1.29 is 5.11 Å². The summed E-state index contributed by atoms with van der Waals surface area (Å²) in [6.07, 6.45) is 5.24. The van der Waals surface area contributed by atoms with Crippen molar-refractivity contribution in [1.82, 2.24) is 0 Å². The molecular formula is C7H10O. The van der Waals surface area contributed by atoms with E-state index in [1.54, 1.807) is 18.2 Å². The molecule has 0 aliphatic heterocycles. The average molecular weight is 110 g/mol. The van der Waals surface area contributed by atoms with Crippen LogP contribution in [0.4, 0.5) is 0 Å². The molecule has 0 radical (unpaired) electrons. The van der Waals surface area contributed by atoms with E-state index in [0.717, 1.165) is 0 Å². The number of aliphatic hydroxyl groups is 1. The Morgan fingerprint density at radius 3 is 2.50 bits per heavy atom. The maximum Gasteiger partial charge on any atom is 0.0959 e. The molecule has 0 saturated heterocycles. The lowest BCUT2D eigenvalue weighted by Gasteiger charge is -1.87. The molecule has 44 valence electrons. The van der Waals surface area contributed by atoms with Gasteiger partial charge in [0.25, 0.3) is 0 Å². The lowest BCUT2D eigenvalue weighted by atomic mass is 10.3. The van der Waals surface area contributed by atoms with Crippen LogP contribution in [0.2, 0.25) is 0 Å². The predicted molar refractivity (Wildman–Crippen MR) is 35.7 cm³/mol. The summed E-state index contributed by atoms with van der Waals surface area (Å²) in [6, 6.07) is 0. The third-order valence-electron chi connectivity index (χ3n) is 0.664. The van der Waals surface area contributed by atoms with Crippen LogP contribution < -0.4 is 0 Å². The van der Waals surface area contributed by atoms with Crippen molar-refractivity contribution in [3.63, 3.8) is 0 Å². The van der Waals surface area contributed by atoms with E-state index in [4.69, 9.17) is 5.11 Å². The fourth-order valence-electron chi connectivity index (χ4n) is 0.352. The molecule has 1 N–H and O–H groups in total. The van der Waals surface area contributed by atoms with Crippen LogP contribution in [-0.2, 0) is 0 Å². The van der Waals surface area contributed by atoms with E-state index < -0.39 is 0 Å². The van der Waals surface area contributed by atoms with Gasteiger partial charge >= 0.3 is 0 Å². The minimum atomic E-state index is 0.301. The molecule has 0 rings (SSSR count). The fraction of sp³-hybridized carbons (Fsp3) is 0.143. The Morgan fingerprint density at radius 2 is 2.12 bits per heavy atom. The van der Waals surface area contributed by atoms with E-state index in [1.807, 2.05) is 0 Å². The summed E-state index contributed by atoms with van der Waals surface area (Å²) in [5.41, 5.74) is 0. The number of rotatable bonds is 3. The van der Waals surface area contributed by atoms with Crippen molar-refractivity contribution in [2.24, 2.45) is 0 Å². The first-order valence-electron chi connectivity index (χ1n) is 2.42. The zero-order valence-corrected chi connectivity index (χ0v) is 4.80. The second-order valence-electron chi connectivity index (χ2n) is 1.39. The highest BCUT2D eigenvalue weighted by atomic mass is 16.3. The van der Waals surface area contributed by atoms with Crippen molar-refractivity contribution >= 4 is 0 Å². The Bertz CT molecular complexity index is 112. The van der Waals surface area contributed by atoms with Crippen molar-refractivity contribution in [2.45, 2.75) is 6.42 Å². The summed E-state index contributed by atoms with van der Waals surface area (Å²) < 4.78 is 0. The standard InChI is InChI=1S/C7H10O/c1-3-5-7(8)6-4-2/h3-5,8H,1-2,6H2/b7-5+.